The van der Waals surface area contributed by atoms with Gasteiger partial charge in [0, 0.05) is 42.6 Å². The van der Waals surface area contributed by atoms with Gasteiger partial charge >= 0.3 is 0 Å². The first-order valence-electron chi connectivity index (χ1n) is 10.6. The minimum Gasteiger partial charge on any atom is -0.493 e. The van der Waals surface area contributed by atoms with Crippen LogP contribution in [-0.2, 0) is 6.42 Å². The maximum Gasteiger partial charge on any atom is 0.229 e. The lowest BCUT2D eigenvalue weighted by Crippen LogP contribution is -2.24. The quantitative estimate of drug-likeness (QED) is 0.717. The van der Waals surface area contributed by atoms with Crippen molar-refractivity contribution in [2.45, 2.75) is 52.5 Å². The molecule has 0 amide bonds. The fourth-order valence-electron chi connectivity index (χ4n) is 4.18. The second-order valence-corrected chi connectivity index (χ2v) is 8.03. The Kier molecular flexibility index (Phi) is 5.72. The van der Waals surface area contributed by atoms with Crippen LogP contribution < -0.4 is 20.7 Å². The molecular formula is C23H31N5O. The molecule has 1 aromatic heterocycles. The van der Waals surface area contributed by atoms with E-state index in [4.69, 9.17) is 4.74 Å². The monoisotopic (exact) mass is 393 g/mol. The van der Waals surface area contributed by atoms with Crippen LogP contribution in [0.1, 0.15) is 48.6 Å². The van der Waals surface area contributed by atoms with Crippen LogP contribution in [0.15, 0.2) is 18.2 Å². The Bertz CT molecular complexity index is 937. The molecule has 0 aliphatic carbocycles. The average molecular weight is 394 g/mol. The predicted molar refractivity (Wildman–Crippen MR) is 119 cm³/mol. The van der Waals surface area contributed by atoms with Gasteiger partial charge in [0.2, 0.25) is 5.95 Å². The Morgan fingerprint density at radius 2 is 2.03 bits per heavy atom. The topological polar surface area (TPSA) is 71.1 Å². The van der Waals surface area contributed by atoms with Crippen molar-refractivity contribution in [2.75, 3.05) is 30.8 Å². The maximum absolute atomic E-state index is 6.19. The number of nitrogens with zero attached hydrogens (tertiary/aromatic N) is 2. The molecule has 0 unspecified atom stereocenters. The van der Waals surface area contributed by atoms with E-state index in [0.29, 0.717) is 12.0 Å². The number of benzene rings is 1. The second-order valence-electron chi connectivity index (χ2n) is 8.03. The molecule has 0 bridgehead atoms. The molecular weight excluding hydrogens is 362 g/mol. The molecule has 0 saturated carbocycles. The van der Waals surface area contributed by atoms with Crippen molar-refractivity contribution in [3.8, 4) is 5.75 Å². The van der Waals surface area contributed by atoms with Crippen LogP contribution in [0.2, 0.25) is 0 Å². The summed E-state index contributed by atoms with van der Waals surface area (Å²) in [6.07, 6.45) is 6.60. The molecule has 29 heavy (non-hydrogen) atoms. The number of anilines is 3. The van der Waals surface area contributed by atoms with Gasteiger partial charge in [-0.25, -0.2) is 4.98 Å². The van der Waals surface area contributed by atoms with E-state index in [1.165, 1.54) is 22.3 Å². The minimum atomic E-state index is 0.530. The summed E-state index contributed by atoms with van der Waals surface area (Å²) in [5.74, 6) is 2.50. The Balaban J connectivity index is 1.77. The van der Waals surface area contributed by atoms with E-state index >= 15 is 0 Å². The number of fused-ring (bicyclic) bond motifs is 1. The zero-order valence-corrected chi connectivity index (χ0v) is 17.9. The summed E-state index contributed by atoms with van der Waals surface area (Å²) >= 11 is 0. The molecule has 3 N–H and O–H groups in total. The zero-order chi connectivity index (χ0) is 20.4. The average Bonchev–Trinajstić information content (AvgIpc) is 2.92. The molecule has 4 rings (SSSR count). The van der Waals surface area contributed by atoms with E-state index in [1.807, 2.05) is 20.0 Å². The lowest BCUT2D eigenvalue weighted by molar-refractivity contribution is 0.287. The van der Waals surface area contributed by atoms with Crippen molar-refractivity contribution >= 4 is 23.0 Å². The number of aromatic nitrogens is 2. The molecule has 154 valence electrons. The third-order valence-corrected chi connectivity index (χ3v) is 5.79. The molecule has 0 spiro atoms. The fraction of sp³-hybridized carbons (Fsp3) is 0.478. The first kappa shape index (κ1) is 19.7. The third-order valence-electron chi connectivity index (χ3n) is 5.79. The molecule has 1 atom stereocenters. The van der Waals surface area contributed by atoms with Gasteiger partial charge in [0.05, 0.1) is 6.61 Å². The van der Waals surface area contributed by atoms with Crippen molar-refractivity contribution in [3.05, 3.63) is 40.6 Å². The molecule has 0 saturated heterocycles. The van der Waals surface area contributed by atoms with Crippen LogP contribution >= 0.6 is 0 Å². The standard InChI is InChI=1S/C23H31N5O/c1-14-7-8-17(9-10-25-14)21-16(3)19(13-18-6-5-11-29-22(18)21)27-23-26-15(2)12-20(24-4)28-23/h9,12-14,25H,5-8,10-11H2,1-4H3,(H2,24,26,27,28)/t14-/m1/s1. The van der Waals surface area contributed by atoms with Crippen molar-refractivity contribution in [1.29, 1.82) is 0 Å². The van der Waals surface area contributed by atoms with E-state index in [2.05, 4.69) is 51.9 Å². The smallest absolute Gasteiger partial charge is 0.229 e. The number of allylic oxidation sites excluding steroid dienone is 1. The Morgan fingerprint density at radius 1 is 1.17 bits per heavy atom. The summed E-state index contributed by atoms with van der Waals surface area (Å²) < 4.78 is 6.19. The van der Waals surface area contributed by atoms with Crippen LogP contribution in [0.25, 0.3) is 5.57 Å². The molecule has 0 fully saturated rings. The third kappa shape index (κ3) is 4.22. The van der Waals surface area contributed by atoms with Crippen LogP contribution in [0.4, 0.5) is 17.5 Å². The highest BCUT2D eigenvalue weighted by atomic mass is 16.5. The normalized spacial score (nSPS) is 18.9. The Hall–Kier alpha value is -2.60. The highest BCUT2D eigenvalue weighted by Crippen LogP contribution is 2.42. The summed E-state index contributed by atoms with van der Waals surface area (Å²) in [4.78, 5) is 9.16. The number of hydrogen-bond donors (Lipinski definition) is 3. The van der Waals surface area contributed by atoms with Gasteiger partial charge in [-0.3, -0.25) is 0 Å². The van der Waals surface area contributed by atoms with E-state index < -0.39 is 0 Å². The van der Waals surface area contributed by atoms with Crippen LogP contribution in [-0.4, -0.2) is 36.2 Å². The molecule has 2 aliphatic heterocycles. The van der Waals surface area contributed by atoms with Crippen LogP contribution in [0, 0.1) is 13.8 Å². The minimum absolute atomic E-state index is 0.530. The van der Waals surface area contributed by atoms with Gasteiger partial charge in [-0.2, -0.15) is 4.98 Å². The maximum atomic E-state index is 6.19. The van der Waals surface area contributed by atoms with Gasteiger partial charge in [0.25, 0.3) is 0 Å². The summed E-state index contributed by atoms with van der Waals surface area (Å²) in [6, 6.07) is 4.69. The van der Waals surface area contributed by atoms with Crippen molar-refractivity contribution in [2.24, 2.45) is 0 Å². The van der Waals surface area contributed by atoms with Gasteiger partial charge in [-0.05, 0) is 69.2 Å². The molecule has 6 nitrogen and oxygen atoms in total. The van der Waals surface area contributed by atoms with Gasteiger partial charge in [0.15, 0.2) is 0 Å². The molecule has 0 radical (unpaired) electrons. The lowest BCUT2D eigenvalue weighted by atomic mass is 9.89. The summed E-state index contributed by atoms with van der Waals surface area (Å²) in [6.45, 7) is 8.10. The molecule has 1 aromatic carbocycles. The van der Waals surface area contributed by atoms with E-state index in [-0.39, 0.29) is 0 Å². The van der Waals surface area contributed by atoms with Gasteiger partial charge in [-0.1, -0.05) is 6.08 Å². The number of aryl methyl sites for hydroxylation is 2. The van der Waals surface area contributed by atoms with Crippen LogP contribution in [0.5, 0.6) is 5.75 Å². The highest BCUT2D eigenvalue weighted by molar-refractivity contribution is 5.81. The lowest BCUT2D eigenvalue weighted by Gasteiger charge is -2.26. The number of ether oxygens (including phenoxy) is 1. The number of rotatable bonds is 4. The largest absolute Gasteiger partial charge is 0.493 e. The van der Waals surface area contributed by atoms with Crippen molar-refractivity contribution in [1.82, 2.24) is 15.3 Å². The van der Waals surface area contributed by atoms with Gasteiger partial charge in [0.1, 0.15) is 11.6 Å². The second kappa shape index (κ2) is 8.41. The Labute approximate surface area is 173 Å². The molecule has 2 aromatic rings. The fourth-order valence-corrected chi connectivity index (χ4v) is 4.18. The molecule has 2 aliphatic rings. The van der Waals surface area contributed by atoms with E-state index in [0.717, 1.165) is 61.8 Å². The molecule has 3 heterocycles. The van der Waals surface area contributed by atoms with Gasteiger partial charge < -0.3 is 20.7 Å². The SMILES string of the molecule is CNc1cc(C)nc(Nc2cc3c(c(C4=CCN[C@H](C)CC4)c2C)OCCC3)n1. The first-order chi connectivity index (χ1) is 14.0. The van der Waals surface area contributed by atoms with Crippen molar-refractivity contribution in [3.63, 3.8) is 0 Å². The number of hydrogen-bond acceptors (Lipinski definition) is 6. The predicted octanol–water partition coefficient (Wildman–Crippen LogP) is 4.36. The molecule has 6 heteroatoms. The summed E-state index contributed by atoms with van der Waals surface area (Å²) in [5.41, 5.74) is 7.08. The van der Waals surface area contributed by atoms with Gasteiger partial charge in [-0.15, -0.1) is 0 Å². The summed E-state index contributed by atoms with van der Waals surface area (Å²) in [7, 11) is 1.87. The first-order valence-corrected chi connectivity index (χ1v) is 10.6. The zero-order valence-electron chi connectivity index (χ0n) is 17.9. The highest BCUT2D eigenvalue weighted by Gasteiger charge is 2.23. The van der Waals surface area contributed by atoms with Crippen molar-refractivity contribution < 1.29 is 4.74 Å². The van der Waals surface area contributed by atoms with Crippen LogP contribution in [0.3, 0.4) is 0 Å². The number of nitrogens with one attached hydrogen (secondary N) is 3. The summed E-state index contributed by atoms with van der Waals surface area (Å²) in [5, 5.41) is 10.1. The van der Waals surface area contributed by atoms with E-state index in [9.17, 15) is 0 Å². The Morgan fingerprint density at radius 3 is 2.86 bits per heavy atom. The van der Waals surface area contributed by atoms with E-state index in [1.54, 1.807) is 0 Å².